The number of nitrogens with zero attached hydrogens (tertiary/aromatic N) is 1. The lowest BCUT2D eigenvalue weighted by molar-refractivity contribution is -0.154. The van der Waals surface area contributed by atoms with Crippen LogP contribution >= 0.6 is 11.3 Å². The summed E-state index contributed by atoms with van der Waals surface area (Å²) in [5.41, 5.74) is -0.923. The summed E-state index contributed by atoms with van der Waals surface area (Å²) in [4.78, 5) is 38.8. The third-order valence-electron chi connectivity index (χ3n) is 4.49. The van der Waals surface area contributed by atoms with Crippen molar-refractivity contribution < 1.29 is 19.5 Å². The largest absolute Gasteiger partial charge is 0.481 e. The first-order valence-corrected chi connectivity index (χ1v) is 8.99. The summed E-state index contributed by atoms with van der Waals surface area (Å²) in [7, 11) is 0. The number of hydrogen-bond acceptors (Lipinski definition) is 4. The van der Waals surface area contributed by atoms with E-state index in [-0.39, 0.29) is 24.3 Å². The van der Waals surface area contributed by atoms with Crippen molar-refractivity contribution in [1.82, 2.24) is 10.2 Å². The highest BCUT2D eigenvalue weighted by Gasteiger charge is 2.41. The first-order valence-electron chi connectivity index (χ1n) is 8.11. The molecule has 2 unspecified atom stereocenters. The smallest absolute Gasteiger partial charge is 0.311 e. The van der Waals surface area contributed by atoms with Gasteiger partial charge in [0.2, 0.25) is 5.91 Å². The van der Waals surface area contributed by atoms with Gasteiger partial charge in [-0.3, -0.25) is 14.4 Å². The van der Waals surface area contributed by atoms with Crippen LogP contribution in [-0.4, -0.2) is 46.9 Å². The lowest BCUT2D eigenvalue weighted by Crippen LogP contribution is -2.56. The van der Waals surface area contributed by atoms with E-state index in [0.717, 1.165) is 0 Å². The molecular formula is C17H24N2O4S. The van der Waals surface area contributed by atoms with E-state index in [1.54, 1.807) is 24.0 Å². The number of piperidine rings is 1. The number of carbonyl (C=O) groups excluding carboxylic acids is 2. The van der Waals surface area contributed by atoms with Crippen LogP contribution in [0.15, 0.2) is 17.5 Å². The fourth-order valence-electron chi connectivity index (χ4n) is 2.93. The van der Waals surface area contributed by atoms with E-state index >= 15 is 0 Å². The van der Waals surface area contributed by atoms with E-state index in [1.165, 1.54) is 11.3 Å². The van der Waals surface area contributed by atoms with Gasteiger partial charge in [0.05, 0.1) is 10.3 Å². The highest BCUT2D eigenvalue weighted by Crippen LogP contribution is 2.30. The molecule has 0 radical (unpaired) electrons. The van der Waals surface area contributed by atoms with Crippen molar-refractivity contribution in [2.45, 2.75) is 39.7 Å². The van der Waals surface area contributed by atoms with E-state index in [9.17, 15) is 19.5 Å². The molecule has 1 saturated heterocycles. The zero-order chi connectivity index (χ0) is 17.9. The fourth-order valence-corrected chi connectivity index (χ4v) is 3.56. The fraction of sp³-hybridized carbons (Fsp3) is 0.588. The van der Waals surface area contributed by atoms with Gasteiger partial charge >= 0.3 is 5.97 Å². The van der Waals surface area contributed by atoms with Gasteiger partial charge in [-0.05, 0) is 37.1 Å². The first-order chi connectivity index (χ1) is 11.2. The maximum Gasteiger partial charge on any atom is 0.311 e. The SMILES string of the molecule is CC(C)C(NC(=O)c1cccs1)C(=O)N1CCCC(C)(C(=O)O)C1. The summed E-state index contributed by atoms with van der Waals surface area (Å²) in [5.74, 6) is -1.44. The Kier molecular flexibility index (Phi) is 5.64. The van der Waals surface area contributed by atoms with Crippen molar-refractivity contribution >= 4 is 29.1 Å². The summed E-state index contributed by atoms with van der Waals surface area (Å²) >= 11 is 1.32. The molecule has 2 rings (SSSR count). The van der Waals surface area contributed by atoms with E-state index in [2.05, 4.69) is 5.32 Å². The summed E-state index contributed by atoms with van der Waals surface area (Å²) in [6.07, 6.45) is 1.21. The third kappa shape index (κ3) is 3.95. The molecule has 2 heterocycles. The number of likely N-dealkylation sites (tertiary alicyclic amines) is 1. The Balaban J connectivity index is 2.11. The van der Waals surface area contributed by atoms with Crippen molar-refractivity contribution in [3.63, 3.8) is 0 Å². The number of nitrogens with one attached hydrogen (secondary N) is 1. The van der Waals surface area contributed by atoms with Crippen LogP contribution < -0.4 is 5.32 Å². The number of carbonyl (C=O) groups is 3. The molecule has 1 aliphatic rings. The second-order valence-electron chi connectivity index (χ2n) is 6.90. The van der Waals surface area contributed by atoms with E-state index in [1.807, 2.05) is 19.2 Å². The highest BCUT2D eigenvalue weighted by atomic mass is 32.1. The second-order valence-corrected chi connectivity index (χ2v) is 7.85. The van der Waals surface area contributed by atoms with Crippen LogP contribution in [0.2, 0.25) is 0 Å². The van der Waals surface area contributed by atoms with E-state index in [4.69, 9.17) is 0 Å². The van der Waals surface area contributed by atoms with Crippen LogP contribution in [0.25, 0.3) is 0 Å². The molecular weight excluding hydrogens is 328 g/mol. The van der Waals surface area contributed by atoms with Crippen LogP contribution in [0.4, 0.5) is 0 Å². The van der Waals surface area contributed by atoms with Crippen molar-refractivity contribution in [2.24, 2.45) is 11.3 Å². The molecule has 132 valence electrons. The molecule has 2 N–H and O–H groups in total. The average Bonchev–Trinajstić information content (AvgIpc) is 3.06. The van der Waals surface area contributed by atoms with Gasteiger partial charge in [-0.15, -0.1) is 11.3 Å². The zero-order valence-electron chi connectivity index (χ0n) is 14.2. The predicted molar refractivity (Wildman–Crippen MR) is 92.0 cm³/mol. The molecule has 2 amide bonds. The molecule has 24 heavy (non-hydrogen) atoms. The quantitative estimate of drug-likeness (QED) is 0.851. The first kappa shape index (κ1) is 18.4. The van der Waals surface area contributed by atoms with Gasteiger partial charge in [0, 0.05) is 13.1 Å². The molecule has 0 bridgehead atoms. The van der Waals surface area contributed by atoms with Crippen molar-refractivity contribution in [3.05, 3.63) is 22.4 Å². The zero-order valence-corrected chi connectivity index (χ0v) is 15.1. The molecule has 1 aliphatic heterocycles. The molecule has 0 saturated carbocycles. The Hall–Kier alpha value is -1.89. The second kappa shape index (κ2) is 7.34. The van der Waals surface area contributed by atoms with E-state index < -0.39 is 17.4 Å². The molecule has 1 fully saturated rings. The Labute approximate surface area is 145 Å². The Morgan fingerprint density at radius 1 is 1.38 bits per heavy atom. The molecule has 1 aromatic heterocycles. The molecule has 2 atom stereocenters. The van der Waals surface area contributed by atoms with Crippen LogP contribution in [0, 0.1) is 11.3 Å². The molecule has 7 heteroatoms. The lowest BCUT2D eigenvalue weighted by atomic mass is 9.81. The number of carboxylic acid groups (broad SMARTS) is 1. The topological polar surface area (TPSA) is 86.7 Å². The van der Waals surface area contributed by atoms with Crippen LogP contribution in [0.1, 0.15) is 43.3 Å². The highest BCUT2D eigenvalue weighted by molar-refractivity contribution is 7.12. The van der Waals surface area contributed by atoms with Crippen LogP contribution in [0.5, 0.6) is 0 Å². The third-order valence-corrected chi connectivity index (χ3v) is 5.36. The van der Waals surface area contributed by atoms with Gasteiger partial charge in [-0.25, -0.2) is 0 Å². The lowest BCUT2D eigenvalue weighted by Gasteiger charge is -2.39. The van der Waals surface area contributed by atoms with Gasteiger partial charge in [0.15, 0.2) is 0 Å². The molecule has 0 aromatic carbocycles. The van der Waals surface area contributed by atoms with Gasteiger partial charge < -0.3 is 15.3 Å². The minimum Gasteiger partial charge on any atom is -0.481 e. The average molecular weight is 352 g/mol. The number of carboxylic acids is 1. The van der Waals surface area contributed by atoms with Crippen molar-refractivity contribution in [3.8, 4) is 0 Å². The van der Waals surface area contributed by atoms with Crippen LogP contribution in [-0.2, 0) is 9.59 Å². The van der Waals surface area contributed by atoms with Crippen molar-refractivity contribution in [2.75, 3.05) is 13.1 Å². The maximum absolute atomic E-state index is 12.9. The number of amides is 2. The number of rotatable bonds is 5. The molecule has 1 aromatic rings. The summed E-state index contributed by atoms with van der Waals surface area (Å²) < 4.78 is 0. The predicted octanol–water partition coefficient (Wildman–Crippen LogP) is 2.22. The monoisotopic (exact) mass is 352 g/mol. The summed E-state index contributed by atoms with van der Waals surface area (Å²) in [6, 6.07) is 2.84. The Bertz CT molecular complexity index is 614. The Morgan fingerprint density at radius 3 is 2.62 bits per heavy atom. The molecule has 6 nitrogen and oxygen atoms in total. The summed E-state index contributed by atoms with van der Waals surface area (Å²) in [5, 5.41) is 14.0. The number of hydrogen-bond donors (Lipinski definition) is 2. The standard InChI is InChI=1S/C17H24N2O4S/c1-11(2)13(18-14(20)12-6-4-9-24-12)15(21)19-8-5-7-17(3,10-19)16(22)23/h4,6,9,11,13H,5,7-8,10H2,1-3H3,(H,18,20)(H,22,23). The molecule has 0 spiro atoms. The van der Waals surface area contributed by atoms with Gasteiger partial charge in [0.25, 0.3) is 5.91 Å². The van der Waals surface area contributed by atoms with E-state index in [0.29, 0.717) is 24.3 Å². The van der Waals surface area contributed by atoms with Gasteiger partial charge in [-0.2, -0.15) is 0 Å². The summed E-state index contributed by atoms with van der Waals surface area (Å²) in [6.45, 7) is 6.12. The van der Waals surface area contributed by atoms with Gasteiger partial charge in [0.1, 0.15) is 6.04 Å². The Morgan fingerprint density at radius 2 is 2.08 bits per heavy atom. The van der Waals surface area contributed by atoms with Crippen LogP contribution in [0.3, 0.4) is 0 Å². The van der Waals surface area contributed by atoms with Crippen molar-refractivity contribution in [1.29, 1.82) is 0 Å². The minimum absolute atomic E-state index is 0.0839. The number of thiophene rings is 1. The molecule has 0 aliphatic carbocycles. The van der Waals surface area contributed by atoms with Gasteiger partial charge in [-0.1, -0.05) is 19.9 Å². The normalized spacial score (nSPS) is 22.2. The number of aliphatic carboxylic acids is 1. The maximum atomic E-state index is 12.9. The minimum atomic E-state index is -0.923.